The molecule has 0 heterocycles. The molecule has 0 aromatic rings. The first-order valence-electron chi connectivity index (χ1n) is 5.83. The number of nitriles is 1. The smallest absolute Gasteiger partial charge is 0.0621 e. The minimum Gasteiger partial charge on any atom is -0.378 e. The molecule has 0 amide bonds. The van der Waals surface area contributed by atoms with E-state index < -0.39 is 0 Å². The summed E-state index contributed by atoms with van der Waals surface area (Å²) in [5, 5.41) is 8.37. The first-order valence-corrected chi connectivity index (χ1v) is 5.83. The molecular weight excluding hydrogens is 174 g/mol. The number of unbranched alkanes of at least 4 members (excludes halogenated alkanes) is 2. The monoisotopic (exact) mass is 195 g/mol. The fourth-order valence-corrected chi connectivity index (χ4v) is 2.07. The molecule has 0 saturated heterocycles. The van der Waals surface area contributed by atoms with Gasteiger partial charge < -0.3 is 4.74 Å². The van der Waals surface area contributed by atoms with Crippen LogP contribution in [0.25, 0.3) is 0 Å². The van der Waals surface area contributed by atoms with Crippen LogP contribution in [0.15, 0.2) is 0 Å². The van der Waals surface area contributed by atoms with Gasteiger partial charge in [-0.25, -0.2) is 0 Å². The highest BCUT2D eigenvalue weighted by molar-refractivity contribution is 4.72. The van der Waals surface area contributed by atoms with Gasteiger partial charge in [0.05, 0.1) is 12.2 Å². The Morgan fingerprint density at radius 1 is 1.29 bits per heavy atom. The summed E-state index contributed by atoms with van der Waals surface area (Å²) in [7, 11) is 0. The Morgan fingerprint density at radius 2 is 2.07 bits per heavy atom. The Hall–Kier alpha value is -0.550. The molecule has 0 aromatic heterocycles. The molecule has 2 atom stereocenters. The number of rotatable bonds is 5. The molecule has 1 rings (SSSR count). The molecule has 2 unspecified atom stereocenters. The lowest BCUT2D eigenvalue weighted by atomic mass is 9.88. The highest BCUT2D eigenvalue weighted by Crippen LogP contribution is 2.26. The van der Waals surface area contributed by atoms with Crippen molar-refractivity contribution in [2.24, 2.45) is 5.92 Å². The Balaban J connectivity index is 2.02. The van der Waals surface area contributed by atoms with Gasteiger partial charge in [0.1, 0.15) is 0 Å². The van der Waals surface area contributed by atoms with Crippen molar-refractivity contribution in [3.63, 3.8) is 0 Å². The molecule has 0 N–H and O–H groups in total. The summed E-state index contributed by atoms with van der Waals surface area (Å²) in [4.78, 5) is 0. The maximum absolute atomic E-state index is 8.37. The molecule has 0 aromatic carbocycles. The van der Waals surface area contributed by atoms with Crippen LogP contribution in [0.2, 0.25) is 0 Å². The van der Waals surface area contributed by atoms with Gasteiger partial charge in [0, 0.05) is 13.0 Å². The van der Waals surface area contributed by atoms with E-state index in [2.05, 4.69) is 13.0 Å². The van der Waals surface area contributed by atoms with Crippen LogP contribution in [0.5, 0.6) is 0 Å². The maximum atomic E-state index is 8.37. The lowest BCUT2D eigenvalue weighted by molar-refractivity contribution is -0.00630. The van der Waals surface area contributed by atoms with Crippen LogP contribution in [0, 0.1) is 17.2 Å². The van der Waals surface area contributed by atoms with Gasteiger partial charge in [-0.3, -0.25) is 0 Å². The number of nitrogens with zero attached hydrogens (tertiary/aromatic N) is 1. The largest absolute Gasteiger partial charge is 0.378 e. The number of hydrogen-bond acceptors (Lipinski definition) is 2. The molecule has 2 nitrogen and oxygen atoms in total. The fourth-order valence-electron chi connectivity index (χ4n) is 2.07. The van der Waals surface area contributed by atoms with Gasteiger partial charge in [-0.05, 0) is 31.6 Å². The lowest BCUT2D eigenvalue weighted by Gasteiger charge is -2.28. The van der Waals surface area contributed by atoms with Crippen molar-refractivity contribution < 1.29 is 4.74 Å². The van der Waals surface area contributed by atoms with Gasteiger partial charge >= 0.3 is 0 Å². The van der Waals surface area contributed by atoms with Crippen molar-refractivity contribution in [1.29, 1.82) is 5.26 Å². The van der Waals surface area contributed by atoms with E-state index in [1.807, 2.05) is 0 Å². The highest BCUT2D eigenvalue weighted by Gasteiger charge is 2.21. The highest BCUT2D eigenvalue weighted by atomic mass is 16.5. The molecule has 14 heavy (non-hydrogen) atoms. The molecule has 1 fully saturated rings. The average Bonchev–Trinajstić information content (AvgIpc) is 2.20. The first kappa shape index (κ1) is 11.5. The Labute approximate surface area is 87.3 Å². The normalized spacial score (nSPS) is 27.1. The predicted octanol–water partition coefficient (Wildman–Crippen LogP) is 3.28. The summed E-state index contributed by atoms with van der Waals surface area (Å²) in [5.41, 5.74) is 0. The van der Waals surface area contributed by atoms with E-state index in [4.69, 9.17) is 10.00 Å². The summed E-state index contributed by atoms with van der Waals surface area (Å²) in [6.07, 6.45) is 8.44. The SMILES string of the molecule is CC1CCCCC1OCCCCC#N. The van der Waals surface area contributed by atoms with Gasteiger partial charge in [-0.15, -0.1) is 0 Å². The molecule has 0 radical (unpaired) electrons. The topological polar surface area (TPSA) is 33.0 Å². The molecule has 1 saturated carbocycles. The van der Waals surface area contributed by atoms with E-state index in [-0.39, 0.29) is 0 Å². The van der Waals surface area contributed by atoms with Crippen LogP contribution in [0.1, 0.15) is 51.9 Å². The predicted molar refractivity (Wildman–Crippen MR) is 56.8 cm³/mol. The minimum absolute atomic E-state index is 0.492. The summed E-state index contributed by atoms with van der Waals surface area (Å²) in [6.45, 7) is 3.13. The third kappa shape index (κ3) is 4.11. The van der Waals surface area contributed by atoms with E-state index in [9.17, 15) is 0 Å². The van der Waals surface area contributed by atoms with Gasteiger partial charge in [0.15, 0.2) is 0 Å². The van der Waals surface area contributed by atoms with Crippen LogP contribution in [0.3, 0.4) is 0 Å². The molecule has 0 aliphatic heterocycles. The van der Waals surface area contributed by atoms with Crippen molar-refractivity contribution in [1.82, 2.24) is 0 Å². The van der Waals surface area contributed by atoms with Crippen molar-refractivity contribution in [3.05, 3.63) is 0 Å². The second-order valence-electron chi connectivity index (χ2n) is 4.29. The third-order valence-corrected chi connectivity index (χ3v) is 3.05. The van der Waals surface area contributed by atoms with E-state index in [0.717, 1.165) is 25.4 Å². The van der Waals surface area contributed by atoms with Gasteiger partial charge in [-0.2, -0.15) is 5.26 Å². The van der Waals surface area contributed by atoms with Crippen LogP contribution >= 0.6 is 0 Å². The average molecular weight is 195 g/mol. The zero-order valence-corrected chi connectivity index (χ0v) is 9.17. The second kappa shape index (κ2) is 6.84. The number of hydrogen-bond donors (Lipinski definition) is 0. The fraction of sp³-hybridized carbons (Fsp3) is 0.917. The molecular formula is C12H21NO. The Morgan fingerprint density at radius 3 is 2.79 bits per heavy atom. The molecule has 80 valence electrons. The van der Waals surface area contributed by atoms with E-state index in [1.165, 1.54) is 25.7 Å². The summed E-state index contributed by atoms with van der Waals surface area (Å²) in [6, 6.07) is 2.16. The van der Waals surface area contributed by atoms with Crippen molar-refractivity contribution in [2.75, 3.05) is 6.61 Å². The minimum atomic E-state index is 0.492. The maximum Gasteiger partial charge on any atom is 0.0621 e. The Bertz CT molecular complexity index is 185. The van der Waals surface area contributed by atoms with Crippen LogP contribution in [0.4, 0.5) is 0 Å². The summed E-state index contributed by atoms with van der Waals surface area (Å²) >= 11 is 0. The van der Waals surface area contributed by atoms with Crippen LogP contribution < -0.4 is 0 Å². The van der Waals surface area contributed by atoms with E-state index in [1.54, 1.807) is 0 Å². The standard InChI is InChI=1S/C12H21NO/c1-11-7-3-4-8-12(11)14-10-6-2-5-9-13/h11-12H,2-8,10H2,1H3. The first-order chi connectivity index (χ1) is 6.84. The molecule has 1 aliphatic carbocycles. The third-order valence-electron chi connectivity index (χ3n) is 3.05. The zero-order chi connectivity index (χ0) is 10.2. The van der Waals surface area contributed by atoms with E-state index in [0.29, 0.717) is 12.5 Å². The van der Waals surface area contributed by atoms with Gasteiger partial charge in [0.2, 0.25) is 0 Å². The number of ether oxygens (including phenoxy) is 1. The summed E-state index contributed by atoms with van der Waals surface area (Å²) in [5.74, 6) is 0.736. The van der Waals surface area contributed by atoms with Crippen molar-refractivity contribution in [2.45, 2.75) is 58.0 Å². The van der Waals surface area contributed by atoms with Crippen LogP contribution in [-0.4, -0.2) is 12.7 Å². The van der Waals surface area contributed by atoms with Gasteiger partial charge in [-0.1, -0.05) is 19.8 Å². The molecule has 1 aliphatic rings. The zero-order valence-electron chi connectivity index (χ0n) is 9.17. The summed E-state index contributed by atoms with van der Waals surface area (Å²) < 4.78 is 5.83. The second-order valence-corrected chi connectivity index (χ2v) is 4.29. The van der Waals surface area contributed by atoms with E-state index >= 15 is 0 Å². The van der Waals surface area contributed by atoms with Gasteiger partial charge in [0.25, 0.3) is 0 Å². The molecule has 2 heteroatoms. The quantitative estimate of drug-likeness (QED) is 0.631. The molecule has 0 spiro atoms. The lowest BCUT2D eigenvalue weighted by Crippen LogP contribution is -2.25. The Kier molecular flexibility index (Phi) is 5.63. The molecule has 0 bridgehead atoms. The van der Waals surface area contributed by atoms with Crippen molar-refractivity contribution in [3.8, 4) is 6.07 Å². The van der Waals surface area contributed by atoms with Crippen molar-refractivity contribution >= 4 is 0 Å². The van der Waals surface area contributed by atoms with Crippen LogP contribution in [-0.2, 0) is 4.74 Å².